The first-order valence-electron chi connectivity index (χ1n) is 10.8. The second-order valence-corrected chi connectivity index (χ2v) is 8.01. The fourth-order valence-corrected chi connectivity index (χ4v) is 4.17. The van der Waals surface area contributed by atoms with E-state index in [1.165, 1.54) is 0 Å². The Morgan fingerprint density at radius 1 is 0.781 bits per heavy atom. The smallest absolute Gasteiger partial charge is 0.257 e. The molecule has 2 aromatic heterocycles. The molecule has 160 valence electrons. The molecule has 1 aliphatic rings. The van der Waals surface area contributed by atoms with Crippen molar-refractivity contribution in [2.45, 2.75) is 0 Å². The van der Waals surface area contributed by atoms with Gasteiger partial charge in [-0.25, -0.2) is 4.98 Å². The molecule has 0 N–H and O–H groups in total. The van der Waals surface area contributed by atoms with Crippen LogP contribution in [0.3, 0.4) is 0 Å². The number of hydrogen-bond acceptors (Lipinski definition) is 4. The van der Waals surface area contributed by atoms with Crippen LogP contribution in [0.5, 0.6) is 0 Å². The van der Waals surface area contributed by atoms with Crippen LogP contribution in [0, 0.1) is 0 Å². The number of ketones is 1. The van der Waals surface area contributed by atoms with Crippen molar-refractivity contribution in [1.82, 2.24) is 19.2 Å². The van der Waals surface area contributed by atoms with E-state index in [2.05, 4.69) is 22.0 Å². The lowest BCUT2D eigenvalue weighted by Crippen LogP contribution is -2.50. The summed E-state index contributed by atoms with van der Waals surface area (Å²) in [5.74, 6) is 0.0934. The van der Waals surface area contributed by atoms with Crippen molar-refractivity contribution in [1.29, 1.82) is 0 Å². The van der Waals surface area contributed by atoms with Crippen LogP contribution in [0.4, 0.5) is 0 Å². The molecule has 0 saturated carbocycles. The highest BCUT2D eigenvalue weighted by molar-refractivity contribution is 6.00. The number of piperazine rings is 1. The summed E-state index contributed by atoms with van der Waals surface area (Å²) in [6.07, 6.45) is 5.42. The van der Waals surface area contributed by atoms with Crippen molar-refractivity contribution < 1.29 is 9.59 Å². The molecule has 0 atom stereocenters. The Hall–Kier alpha value is -3.77. The number of Topliss-reactive ketones (excluding diaryl/α,β-unsaturated/α-hetero) is 1. The van der Waals surface area contributed by atoms with Crippen LogP contribution >= 0.6 is 0 Å². The van der Waals surface area contributed by atoms with E-state index < -0.39 is 0 Å². The van der Waals surface area contributed by atoms with E-state index in [-0.39, 0.29) is 11.7 Å². The zero-order valence-electron chi connectivity index (χ0n) is 17.7. The number of fused-ring (bicyclic) bond motifs is 1. The van der Waals surface area contributed by atoms with Crippen LogP contribution in [0.15, 0.2) is 85.3 Å². The first kappa shape index (κ1) is 20.2. The Morgan fingerprint density at radius 3 is 2.25 bits per heavy atom. The summed E-state index contributed by atoms with van der Waals surface area (Å²) in [6.45, 7) is 2.92. The molecule has 5 rings (SSSR count). The number of nitrogens with zero attached hydrogens (tertiary/aromatic N) is 4. The fraction of sp³-hybridized carbons (Fsp3) is 0.192. The Bertz CT molecular complexity index is 1240. The third-order valence-corrected chi connectivity index (χ3v) is 5.99. The third kappa shape index (κ3) is 4.05. The van der Waals surface area contributed by atoms with Gasteiger partial charge in [0.15, 0.2) is 5.78 Å². The van der Waals surface area contributed by atoms with E-state index in [9.17, 15) is 9.59 Å². The predicted molar refractivity (Wildman–Crippen MR) is 124 cm³/mol. The van der Waals surface area contributed by atoms with Crippen LogP contribution in [0.2, 0.25) is 0 Å². The molecular formula is C26H24N4O2. The van der Waals surface area contributed by atoms with Gasteiger partial charge in [-0.1, -0.05) is 54.6 Å². The lowest BCUT2D eigenvalue weighted by Gasteiger charge is -2.34. The van der Waals surface area contributed by atoms with Crippen molar-refractivity contribution in [3.8, 4) is 11.1 Å². The minimum atomic E-state index is -0.00993. The normalized spacial score (nSPS) is 14.6. The van der Waals surface area contributed by atoms with E-state index in [0.717, 1.165) is 11.1 Å². The molecule has 2 aromatic carbocycles. The second-order valence-electron chi connectivity index (χ2n) is 8.01. The SMILES string of the molecule is O=C(CN1CCN(C(=O)c2cccn3ccnc23)CC1)c1ccc(-c2ccccc2)cc1. The Balaban J connectivity index is 1.18. The Kier molecular flexibility index (Phi) is 5.52. The van der Waals surface area contributed by atoms with Gasteiger partial charge in [0, 0.05) is 50.3 Å². The summed E-state index contributed by atoms with van der Waals surface area (Å²) in [4.78, 5) is 34.1. The number of aromatic nitrogens is 2. The van der Waals surface area contributed by atoms with Crippen LogP contribution in [-0.4, -0.2) is 63.6 Å². The van der Waals surface area contributed by atoms with Gasteiger partial charge in [-0.3, -0.25) is 14.5 Å². The lowest BCUT2D eigenvalue weighted by atomic mass is 10.0. The average molecular weight is 425 g/mol. The minimum Gasteiger partial charge on any atom is -0.336 e. The quantitative estimate of drug-likeness (QED) is 0.459. The number of carbonyl (C=O) groups excluding carboxylic acids is 2. The first-order valence-corrected chi connectivity index (χ1v) is 10.8. The van der Waals surface area contributed by atoms with Crippen LogP contribution in [0.25, 0.3) is 16.8 Å². The Morgan fingerprint density at radius 2 is 1.50 bits per heavy atom. The average Bonchev–Trinajstić information content (AvgIpc) is 3.34. The molecule has 1 amide bonds. The number of hydrogen-bond donors (Lipinski definition) is 0. The molecule has 1 aliphatic heterocycles. The summed E-state index contributed by atoms with van der Waals surface area (Å²) in [5, 5.41) is 0. The van der Waals surface area contributed by atoms with Crippen molar-refractivity contribution >= 4 is 17.3 Å². The van der Waals surface area contributed by atoms with E-state index in [1.807, 2.05) is 76.3 Å². The van der Waals surface area contributed by atoms with Crippen molar-refractivity contribution in [3.05, 3.63) is 96.4 Å². The van der Waals surface area contributed by atoms with E-state index in [1.54, 1.807) is 6.20 Å². The van der Waals surface area contributed by atoms with Gasteiger partial charge in [-0.2, -0.15) is 0 Å². The number of pyridine rings is 1. The van der Waals surface area contributed by atoms with Gasteiger partial charge >= 0.3 is 0 Å². The number of imidazole rings is 1. The molecule has 0 bridgehead atoms. The van der Waals surface area contributed by atoms with Crippen LogP contribution < -0.4 is 0 Å². The molecule has 0 spiro atoms. The molecule has 32 heavy (non-hydrogen) atoms. The topological polar surface area (TPSA) is 57.9 Å². The standard InChI is InChI=1S/C26H24N4O2/c31-24(22-10-8-21(9-11-22)20-5-2-1-3-6-20)19-28-15-17-30(18-16-28)26(32)23-7-4-13-29-14-12-27-25(23)29/h1-14H,15-19H2. The van der Waals surface area contributed by atoms with Gasteiger partial charge in [0.2, 0.25) is 0 Å². The zero-order chi connectivity index (χ0) is 21.9. The molecule has 6 nitrogen and oxygen atoms in total. The molecule has 3 heterocycles. The van der Waals surface area contributed by atoms with E-state index in [4.69, 9.17) is 0 Å². The molecule has 1 saturated heterocycles. The summed E-state index contributed by atoms with van der Waals surface area (Å²) in [7, 11) is 0. The molecule has 0 radical (unpaired) electrons. The van der Waals surface area contributed by atoms with Gasteiger partial charge in [0.05, 0.1) is 12.1 Å². The number of rotatable bonds is 5. The van der Waals surface area contributed by atoms with E-state index >= 15 is 0 Å². The number of amides is 1. The van der Waals surface area contributed by atoms with Gasteiger partial charge in [-0.15, -0.1) is 0 Å². The zero-order valence-corrected chi connectivity index (χ0v) is 17.7. The van der Waals surface area contributed by atoms with Gasteiger partial charge < -0.3 is 9.30 Å². The molecule has 1 fully saturated rings. The molecule has 0 aliphatic carbocycles. The number of benzene rings is 2. The number of carbonyl (C=O) groups is 2. The highest BCUT2D eigenvalue weighted by Gasteiger charge is 2.25. The first-order chi connectivity index (χ1) is 15.7. The minimum absolute atomic E-state index is 0.00993. The monoisotopic (exact) mass is 424 g/mol. The van der Waals surface area contributed by atoms with E-state index in [0.29, 0.717) is 49.5 Å². The maximum atomic E-state index is 13.0. The predicted octanol–water partition coefficient (Wildman–Crippen LogP) is 3.64. The molecular weight excluding hydrogens is 400 g/mol. The highest BCUT2D eigenvalue weighted by Crippen LogP contribution is 2.20. The molecule has 0 unspecified atom stereocenters. The third-order valence-electron chi connectivity index (χ3n) is 5.99. The highest BCUT2D eigenvalue weighted by atomic mass is 16.2. The molecule has 6 heteroatoms. The largest absolute Gasteiger partial charge is 0.336 e. The fourth-order valence-electron chi connectivity index (χ4n) is 4.17. The van der Waals surface area contributed by atoms with Crippen molar-refractivity contribution in [3.63, 3.8) is 0 Å². The maximum Gasteiger partial charge on any atom is 0.257 e. The second kappa shape index (κ2) is 8.77. The Labute approximate surface area is 186 Å². The molecule has 4 aromatic rings. The summed E-state index contributed by atoms with van der Waals surface area (Å²) < 4.78 is 1.85. The van der Waals surface area contributed by atoms with Crippen LogP contribution in [0.1, 0.15) is 20.7 Å². The van der Waals surface area contributed by atoms with Crippen molar-refractivity contribution in [2.75, 3.05) is 32.7 Å². The lowest BCUT2D eigenvalue weighted by molar-refractivity contribution is 0.0625. The maximum absolute atomic E-state index is 13.0. The van der Waals surface area contributed by atoms with Crippen molar-refractivity contribution in [2.24, 2.45) is 0 Å². The van der Waals surface area contributed by atoms with Gasteiger partial charge in [0.25, 0.3) is 5.91 Å². The summed E-state index contributed by atoms with van der Waals surface area (Å²) >= 11 is 0. The van der Waals surface area contributed by atoms with Gasteiger partial charge in [-0.05, 0) is 23.3 Å². The van der Waals surface area contributed by atoms with Gasteiger partial charge in [0.1, 0.15) is 5.65 Å². The summed E-state index contributed by atoms with van der Waals surface area (Å²) in [5.41, 5.74) is 4.24. The summed E-state index contributed by atoms with van der Waals surface area (Å²) in [6, 6.07) is 21.6. The van der Waals surface area contributed by atoms with Crippen LogP contribution in [-0.2, 0) is 0 Å².